The average molecular weight is 236 g/mol. The lowest BCUT2D eigenvalue weighted by atomic mass is 10.0. The molecule has 0 bridgehead atoms. The Labute approximate surface area is 89.9 Å². The summed E-state index contributed by atoms with van der Waals surface area (Å²) in [7, 11) is -3.20. The first kappa shape index (κ1) is 11.3. The van der Waals surface area contributed by atoms with E-state index in [0.29, 0.717) is 24.9 Å². The maximum Gasteiger partial charge on any atom is 0.214 e. The number of nitrogens with one attached hydrogen (secondary N) is 1. The summed E-state index contributed by atoms with van der Waals surface area (Å²) in [5, 5.41) is 3.26. The third-order valence-electron chi connectivity index (χ3n) is 3.29. The maximum atomic E-state index is 11.9. The number of fused-ring (bicyclic) bond motifs is 1. The Kier molecular flexibility index (Phi) is 3.27. The largest absolute Gasteiger partial charge is 0.316 e. The fourth-order valence-corrected chi connectivity index (χ4v) is 3.97. The molecular weight excluding hydrogens is 219 g/mol. The molecule has 6 heteroatoms. The third kappa shape index (κ3) is 2.32. The first-order valence-electron chi connectivity index (χ1n) is 5.38. The van der Waals surface area contributed by atoms with E-state index in [9.17, 15) is 12.8 Å². The van der Waals surface area contributed by atoms with E-state index >= 15 is 0 Å². The van der Waals surface area contributed by atoms with Gasteiger partial charge in [-0.3, -0.25) is 4.39 Å². The molecule has 0 amide bonds. The topological polar surface area (TPSA) is 49.4 Å². The third-order valence-corrected chi connectivity index (χ3v) is 5.17. The van der Waals surface area contributed by atoms with Gasteiger partial charge in [0.25, 0.3) is 0 Å². The quantitative estimate of drug-likeness (QED) is 0.737. The lowest BCUT2D eigenvalue weighted by molar-refractivity contribution is 0.438. The summed E-state index contributed by atoms with van der Waals surface area (Å²) in [5.41, 5.74) is 0. The molecule has 4 nitrogen and oxygen atoms in total. The predicted molar refractivity (Wildman–Crippen MR) is 55.8 cm³/mol. The van der Waals surface area contributed by atoms with Crippen LogP contribution in [0.4, 0.5) is 4.39 Å². The Morgan fingerprint density at radius 2 is 1.87 bits per heavy atom. The van der Waals surface area contributed by atoms with Crippen molar-refractivity contribution in [3.63, 3.8) is 0 Å². The summed E-state index contributed by atoms with van der Waals surface area (Å²) < 4.78 is 37.0. The van der Waals surface area contributed by atoms with E-state index in [4.69, 9.17) is 0 Å². The van der Waals surface area contributed by atoms with Crippen molar-refractivity contribution in [2.75, 3.05) is 38.6 Å². The molecular formula is C9H17FN2O2S. The normalized spacial score (nSPS) is 32.1. The monoisotopic (exact) mass is 236 g/mol. The van der Waals surface area contributed by atoms with Crippen molar-refractivity contribution in [2.24, 2.45) is 11.8 Å². The van der Waals surface area contributed by atoms with Crippen molar-refractivity contribution in [3.05, 3.63) is 0 Å². The number of nitrogens with zero attached hydrogens (tertiary/aromatic N) is 1. The van der Waals surface area contributed by atoms with Gasteiger partial charge < -0.3 is 5.32 Å². The molecule has 0 aromatic heterocycles. The van der Waals surface area contributed by atoms with Gasteiger partial charge in [0.15, 0.2) is 0 Å². The molecule has 2 fully saturated rings. The summed E-state index contributed by atoms with van der Waals surface area (Å²) in [5.74, 6) is 0.881. The van der Waals surface area contributed by atoms with Crippen molar-refractivity contribution in [1.29, 1.82) is 0 Å². The zero-order valence-electron chi connectivity index (χ0n) is 8.65. The van der Waals surface area contributed by atoms with E-state index in [2.05, 4.69) is 5.32 Å². The fourth-order valence-electron chi connectivity index (χ4n) is 2.41. The number of hydrogen-bond donors (Lipinski definition) is 1. The number of alkyl halides is 1. The van der Waals surface area contributed by atoms with Gasteiger partial charge in [0.2, 0.25) is 10.0 Å². The molecule has 0 aromatic rings. The maximum absolute atomic E-state index is 11.9. The SMILES string of the molecule is O=S(=O)(CCCF)N1C[C@H]2CNC[C@H]2C1. The van der Waals surface area contributed by atoms with Crippen molar-refractivity contribution < 1.29 is 12.8 Å². The molecule has 2 saturated heterocycles. The molecule has 0 saturated carbocycles. The van der Waals surface area contributed by atoms with Gasteiger partial charge in [-0.1, -0.05) is 0 Å². The van der Waals surface area contributed by atoms with Gasteiger partial charge in [-0.25, -0.2) is 12.7 Å². The van der Waals surface area contributed by atoms with Crippen LogP contribution in [0, 0.1) is 11.8 Å². The van der Waals surface area contributed by atoms with Gasteiger partial charge in [-0.2, -0.15) is 0 Å². The van der Waals surface area contributed by atoms with Crippen molar-refractivity contribution in [3.8, 4) is 0 Å². The van der Waals surface area contributed by atoms with Crippen LogP contribution < -0.4 is 5.32 Å². The Morgan fingerprint density at radius 1 is 1.27 bits per heavy atom. The molecule has 0 spiro atoms. The standard InChI is InChI=1S/C9H17FN2O2S/c10-2-1-3-15(13,14)12-6-8-4-11-5-9(8)7-12/h8-9,11H,1-7H2/t8-,9+. The second kappa shape index (κ2) is 4.35. The van der Waals surface area contributed by atoms with E-state index in [-0.39, 0.29) is 12.2 Å². The first-order chi connectivity index (χ1) is 7.13. The summed E-state index contributed by atoms with van der Waals surface area (Å²) in [6.45, 7) is 2.51. The first-order valence-corrected chi connectivity index (χ1v) is 6.99. The van der Waals surface area contributed by atoms with E-state index in [1.807, 2.05) is 0 Å². The summed E-state index contributed by atoms with van der Waals surface area (Å²) in [6.07, 6.45) is 0.117. The molecule has 0 unspecified atom stereocenters. The zero-order valence-corrected chi connectivity index (χ0v) is 9.47. The molecule has 2 rings (SSSR count). The van der Waals surface area contributed by atoms with Crippen LogP contribution in [0.3, 0.4) is 0 Å². The fraction of sp³-hybridized carbons (Fsp3) is 1.00. The minimum atomic E-state index is -3.20. The van der Waals surface area contributed by atoms with Gasteiger partial charge in [-0.05, 0) is 31.3 Å². The van der Waals surface area contributed by atoms with Gasteiger partial charge in [0.1, 0.15) is 0 Å². The Hall–Kier alpha value is -0.200. The molecule has 2 heterocycles. The van der Waals surface area contributed by atoms with Crippen LogP contribution >= 0.6 is 0 Å². The van der Waals surface area contributed by atoms with Crippen LogP contribution in [0.25, 0.3) is 0 Å². The smallest absolute Gasteiger partial charge is 0.214 e. The minimum absolute atomic E-state index is 0.0453. The van der Waals surface area contributed by atoms with Crippen LogP contribution in [0.2, 0.25) is 0 Å². The van der Waals surface area contributed by atoms with Crippen molar-refractivity contribution >= 4 is 10.0 Å². The molecule has 2 atom stereocenters. The Morgan fingerprint density at radius 3 is 2.40 bits per heavy atom. The van der Waals surface area contributed by atoms with Crippen LogP contribution in [-0.4, -0.2) is 51.3 Å². The van der Waals surface area contributed by atoms with Gasteiger partial charge in [-0.15, -0.1) is 0 Å². The number of sulfonamides is 1. The van der Waals surface area contributed by atoms with E-state index in [1.165, 1.54) is 0 Å². The average Bonchev–Trinajstić information content (AvgIpc) is 2.73. The van der Waals surface area contributed by atoms with Crippen LogP contribution in [-0.2, 0) is 10.0 Å². The van der Waals surface area contributed by atoms with E-state index in [0.717, 1.165) is 13.1 Å². The number of rotatable bonds is 4. The van der Waals surface area contributed by atoms with Crippen LogP contribution in [0.5, 0.6) is 0 Å². The molecule has 1 N–H and O–H groups in total. The molecule has 0 aromatic carbocycles. The van der Waals surface area contributed by atoms with Gasteiger partial charge >= 0.3 is 0 Å². The second-order valence-electron chi connectivity index (χ2n) is 4.35. The van der Waals surface area contributed by atoms with E-state index < -0.39 is 16.7 Å². The predicted octanol–water partition coefficient (Wildman–Crippen LogP) is -0.173. The zero-order chi connectivity index (χ0) is 10.9. The second-order valence-corrected chi connectivity index (χ2v) is 6.44. The molecule has 0 aliphatic carbocycles. The number of hydrogen-bond acceptors (Lipinski definition) is 3. The van der Waals surface area contributed by atoms with E-state index in [1.54, 1.807) is 4.31 Å². The van der Waals surface area contributed by atoms with Crippen molar-refractivity contribution in [1.82, 2.24) is 9.62 Å². The van der Waals surface area contributed by atoms with Gasteiger partial charge in [0.05, 0.1) is 12.4 Å². The molecule has 2 aliphatic heterocycles. The van der Waals surface area contributed by atoms with Crippen LogP contribution in [0.1, 0.15) is 6.42 Å². The van der Waals surface area contributed by atoms with Gasteiger partial charge in [0, 0.05) is 13.1 Å². The molecule has 88 valence electrons. The van der Waals surface area contributed by atoms with Crippen molar-refractivity contribution in [2.45, 2.75) is 6.42 Å². The Bertz CT molecular complexity index is 308. The minimum Gasteiger partial charge on any atom is -0.316 e. The highest BCUT2D eigenvalue weighted by molar-refractivity contribution is 7.89. The highest BCUT2D eigenvalue weighted by Crippen LogP contribution is 2.28. The summed E-state index contributed by atoms with van der Waals surface area (Å²) >= 11 is 0. The number of halogens is 1. The summed E-state index contributed by atoms with van der Waals surface area (Å²) in [6, 6.07) is 0. The highest BCUT2D eigenvalue weighted by atomic mass is 32.2. The molecule has 15 heavy (non-hydrogen) atoms. The molecule has 2 aliphatic rings. The lowest BCUT2D eigenvalue weighted by Gasteiger charge is -2.16. The van der Waals surface area contributed by atoms with Crippen LogP contribution in [0.15, 0.2) is 0 Å². The summed E-state index contributed by atoms with van der Waals surface area (Å²) in [4.78, 5) is 0. The molecule has 0 radical (unpaired) electrons. The Balaban J connectivity index is 1.95. The highest BCUT2D eigenvalue weighted by Gasteiger charge is 2.40. The lowest BCUT2D eigenvalue weighted by Crippen LogP contribution is -2.33.